The first-order valence-electron chi connectivity index (χ1n) is 3.32. The summed E-state index contributed by atoms with van der Waals surface area (Å²) < 4.78 is 0. The van der Waals surface area contributed by atoms with Crippen LogP contribution >= 0.6 is 0 Å². The Kier molecular flexibility index (Phi) is 6.21. The molecule has 2 heteroatoms. The molecule has 1 atom stereocenters. The molecular formula is C7H14KN. The van der Waals surface area contributed by atoms with Gasteiger partial charge in [-0.15, -0.1) is 0 Å². The Bertz CT molecular complexity index is 65.3. The number of piperidine rings is 1. The Balaban J connectivity index is 0.000000640. The molecule has 1 nitrogen and oxygen atoms in total. The summed E-state index contributed by atoms with van der Waals surface area (Å²) in [4.78, 5) is 2.40. The molecule has 1 aliphatic rings. The zero-order valence-corrected chi connectivity index (χ0v) is 9.85. The van der Waals surface area contributed by atoms with Gasteiger partial charge in [-0.3, -0.25) is 0 Å². The van der Waals surface area contributed by atoms with Crippen molar-refractivity contribution in [3.63, 3.8) is 0 Å². The molecule has 48 valence electrons. The van der Waals surface area contributed by atoms with Crippen LogP contribution in [0.25, 0.3) is 0 Å². The zero-order chi connectivity index (χ0) is 5.98. The Hall–Kier alpha value is 1.60. The number of likely N-dealkylation sites (tertiary alicyclic amines) is 1. The summed E-state index contributed by atoms with van der Waals surface area (Å²) in [5.74, 6) is 0. The predicted octanol–water partition coefficient (Wildman–Crippen LogP) is -1.69. The Morgan fingerprint density at radius 2 is 2.22 bits per heavy atom. The van der Waals surface area contributed by atoms with E-state index in [1.54, 1.807) is 0 Å². The first kappa shape index (κ1) is 10.6. The van der Waals surface area contributed by atoms with Crippen LogP contribution in [0.3, 0.4) is 0 Å². The Labute approximate surface area is 101 Å². The van der Waals surface area contributed by atoms with Crippen molar-refractivity contribution in [3.8, 4) is 0 Å². The number of hydrogen-bond donors (Lipinski definition) is 0. The van der Waals surface area contributed by atoms with Gasteiger partial charge in [0.15, 0.2) is 0 Å². The average molecular weight is 151 g/mol. The van der Waals surface area contributed by atoms with Gasteiger partial charge in [0, 0.05) is 0 Å². The maximum atomic E-state index is 2.40. The third-order valence-corrected chi connectivity index (χ3v) is 1.95. The van der Waals surface area contributed by atoms with Gasteiger partial charge in [-0.2, -0.15) is 12.8 Å². The third kappa shape index (κ3) is 3.49. The van der Waals surface area contributed by atoms with Gasteiger partial charge in [0.1, 0.15) is 0 Å². The average Bonchev–Trinajstić information content (AvgIpc) is 1.77. The maximum absolute atomic E-state index is 2.40. The minimum absolute atomic E-state index is 0. The quantitative estimate of drug-likeness (QED) is 0.295. The number of hydrogen-bond acceptors (Lipinski definition) is 1. The summed E-state index contributed by atoms with van der Waals surface area (Å²) >= 11 is 0. The van der Waals surface area contributed by atoms with Crippen LogP contribution in [-0.4, -0.2) is 24.5 Å². The number of nitrogens with zero attached hydrogens (tertiary/aromatic N) is 1. The molecule has 0 aliphatic carbocycles. The van der Waals surface area contributed by atoms with Crippen molar-refractivity contribution in [1.82, 2.24) is 4.90 Å². The van der Waals surface area contributed by atoms with Crippen molar-refractivity contribution in [2.45, 2.75) is 25.8 Å². The SMILES string of the molecule is CC1C[CH-]CCN1C.[K+]. The van der Waals surface area contributed by atoms with Gasteiger partial charge in [0.2, 0.25) is 0 Å². The van der Waals surface area contributed by atoms with Crippen LogP contribution in [0.5, 0.6) is 0 Å². The monoisotopic (exact) mass is 151 g/mol. The summed E-state index contributed by atoms with van der Waals surface area (Å²) in [6, 6.07) is 0.781. The molecule has 0 bridgehead atoms. The second-order valence-corrected chi connectivity index (χ2v) is 2.64. The van der Waals surface area contributed by atoms with E-state index in [1.165, 1.54) is 19.4 Å². The van der Waals surface area contributed by atoms with Crippen molar-refractivity contribution >= 4 is 0 Å². The van der Waals surface area contributed by atoms with E-state index in [0.29, 0.717) is 0 Å². The minimum Gasteiger partial charge on any atom is -0.326 e. The van der Waals surface area contributed by atoms with E-state index in [0.717, 1.165) is 6.04 Å². The van der Waals surface area contributed by atoms with Crippen LogP contribution in [-0.2, 0) is 0 Å². The van der Waals surface area contributed by atoms with E-state index >= 15 is 0 Å². The molecule has 0 N–H and O–H groups in total. The van der Waals surface area contributed by atoms with Crippen molar-refractivity contribution < 1.29 is 51.4 Å². The first-order valence-corrected chi connectivity index (χ1v) is 3.32. The summed E-state index contributed by atoms with van der Waals surface area (Å²) in [7, 11) is 2.19. The van der Waals surface area contributed by atoms with Gasteiger partial charge in [-0.1, -0.05) is 6.92 Å². The van der Waals surface area contributed by atoms with E-state index in [2.05, 4.69) is 25.3 Å². The van der Waals surface area contributed by atoms with Crippen molar-refractivity contribution in [2.75, 3.05) is 13.6 Å². The van der Waals surface area contributed by atoms with Gasteiger partial charge in [-0.05, 0) is 19.6 Å². The van der Waals surface area contributed by atoms with Gasteiger partial charge in [0.25, 0.3) is 0 Å². The minimum atomic E-state index is 0. The Morgan fingerprint density at radius 3 is 2.56 bits per heavy atom. The first-order chi connectivity index (χ1) is 3.80. The molecule has 1 fully saturated rings. The maximum Gasteiger partial charge on any atom is 1.00 e. The molecule has 0 radical (unpaired) electrons. The molecule has 1 saturated heterocycles. The Morgan fingerprint density at radius 1 is 1.56 bits per heavy atom. The molecule has 1 unspecified atom stereocenters. The largest absolute Gasteiger partial charge is 1.00 e. The summed E-state index contributed by atoms with van der Waals surface area (Å²) in [6.07, 6.45) is 4.93. The summed E-state index contributed by atoms with van der Waals surface area (Å²) in [5, 5.41) is 0. The fraction of sp³-hybridized carbons (Fsp3) is 0.857. The van der Waals surface area contributed by atoms with Crippen LogP contribution in [0, 0.1) is 6.42 Å². The standard InChI is InChI=1S/C7H14N.K/c1-7-5-3-4-6-8(7)2;/h3,7H,4-6H2,1-2H3;/q-1;+1. The molecule has 1 rings (SSSR count). The molecule has 0 saturated carbocycles. The fourth-order valence-corrected chi connectivity index (χ4v) is 1.05. The van der Waals surface area contributed by atoms with E-state index in [-0.39, 0.29) is 51.4 Å². The normalized spacial score (nSPS) is 29.3. The third-order valence-electron chi connectivity index (χ3n) is 1.95. The van der Waals surface area contributed by atoms with Crippen LogP contribution < -0.4 is 51.4 Å². The second kappa shape index (κ2) is 5.27. The molecule has 0 amide bonds. The summed E-state index contributed by atoms with van der Waals surface area (Å²) in [5.41, 5.74) is 0. The summed E-state index contributed by atoms with van der Waals surface area (Å²) in [6.45, 7) is 3.52. The molecule has 0 aromatic carbocycles. The van der Waals surface area contributed by atoms with Gasteiger partial charge in [0.05, 0.1) is 0 Å². The topological polar surface area (TPSA) is 3.24 Å². The number of rotatable bonds is 0. The zero-order valence-electron chi connectivity index (χ0n) is 6.72. The van der Waals surface area contributed by atoms with Crippen LogP contribution in [0.2, 0.25) is 0 Å². The second-order valence-electron chi connectivity index (χ2n) is 2.64. The van der Waals surface area contributed by atoms with Gasteiger partial charge in [-0.25, -0.2) is 0 Å². The van der Waals surface area contributed by atoms with Crippen molar-refractivity contribution in [3.05, 3.63) is 6.42 Å². The van der Waals surface area contributed by atoms with Gasteiger partial charge < -0.3 is 11.3 Å². The van der Waals surface area contributed by atoms with Crippen LogP contribution in [0.4, 0.5) is 0 Å². The molecule has 0 spiro atoms. The van der Waals surface area contributed by atoms with Crippen LogP contribution in [0.15, 0.2) is 0 Å². The van der Waals surface area contributed by atoms with E-state index in [4.69, 9.17) is 0 Å². The van der Waals surface area contributed by atoms with E-state index < -0.39 is 0 Å². The molecule has 0 aromatic rings. The fourth-order valence-electron chi connectivity index (χ4n) is 1.05. The van der Waals surface area contributed by atoms with Crippen molar-refractivity contribution in [2.24, 2.45) is 0 Å². The van der Waals surface area contributed by atoms with Crippen LogP contribution in [0.1, 0.15) is 19.8 Å². The smallest absolute Gasteiger partial charge is 0.326 e. The van der Waals surface area contributed by atoms with E-state index in [9.17, 15) is 0 Å². The molecule has 9 heavy (non-hydrogen) atoms. The van der Waals surface area contributed by atoms with E-state index in [1.807, 2.05) is 0 Å². The molecule has 1 heterocycles. The molecular weight excluding hydrogens is 137 g/mol. The predicted molar refractivity (Wildman–Crippen MR) is 35.6 cm³/mol. The van der Waals surface area contributed by atoms with Crippen molar-refractivity contribution in [1.29, 1.82) is 0 Å². The molecule has 1 aliphatic heterocycles. The molecule has 0 aromatic heterocycles. The van der Waals surface area contributed by atoms with Gasteiger partial charge >= 0.3 is 51.4 Å².